The highest BCUT2D eigenvalue weighted by Gasteiger charge is 2.34. The van der Waals surface area contributed by atoms with Crippen LogP contribution in [-0.4, -0.2) is 49.9 Å². The molecule has 0 unspecified atom stereocenters. The molecule has 3 aromatic rings. The molecule has 4 heterocycles. The van der Waals surface area contributed by atoms with E-state index in [-0.39, 0.29) is 11.9 Å². The average molecular weight is 479 g/mol. The Kier molecular flexibility index (Phi) is 6.40. The van der Waals surface area contributed by atoms with Crippen molar-refractivity contribution in [3.05, 3.63) is 41.3 Å². The molecule has 0 bridgehead atoms. The van der Waals surface area contributed by atoms with Crippen molar-refractivity contribution in [2.45, 2.75) is 62.9 Å². The summed E-state index contributed by atoms with van der Waals surface area (Å²) in [6, 6.07) is 5.51. The van der Waals surface area contributed by atoms with Gasteiger partial charge in [-0.3, -0.25) is 9.89 Å². The summed E-state index contributed by atoms with van der Waals surface area (Å²) in [6.07, 6.45) is 8.30. The van der Waals surface area contributed by atoms with E-state index in [0.29, 0.717) is 17.6 Å². The summed E-state index contributed by atoms with van der Waals surface area (Å²) in [5, 5.41) is 14.8. The third-order valence-electron chi connectivity index (χ3n) is 6.41. The molecule has 1 aliphatic heterocycles. The number of amides is 1. The van der Waals surface area contributed by atoms with Gasteiger partial charge in [-0.05, 0) is 56.4 Å². The first-order valence-electron chi connectivity index (χ1n) is 11.8. The fourth-order valence-electron chi connectivity index (χ4n) is 4.55. The molecule has 0 aromatic carbocycles. The number of H-pyrrole nitrogens is 1. The van der Waals surface area contributed by atoms with Crippen molar-refractivity contribution in [1.29, 1.82) is 0 Å². The van der Waals surface area contributed by atoms with Gasteiger partial charge in [-0.1, -0.05) is 13.8 Å². The minimum absolute atomic E-state index is 0.0521. The van der Waals surface area contributed by atoms with Gasteiger partial charge in [0.2, 0.25) is 11.9 Å². The van der Waals surface area contributed by atoms with Gasteiger partial charge < -0.3 is 15.5 Å². The maximum Gasteiger partial charge on any atom is 0.247 e. The molecule has 2 aliphatic rings. The van der Waals surface area contributed by atoms with Crippen molar-refractivity contribution in [3.63, 3.8) is 0 Å². The molecule has 9 nitrogen and oxygen atoms in total. The molecular weight excluding hydrogens is 448 g/mol. The van der Waals surface area contributed by atoms with E-state index in [1.54, 1.807) is 18.0 Å². The number of rotatable bonds is 7. The number of carbonyl (C=O) groups is 1. The molecule has 1 amide bonds. The molecule has 1 atom stereocenters. The summed E-state index contributed by atoms with van der Waals surface area (Å²) < 4.78 is 0. The van der Waals surface area contributed by atoms with Gasteiger partial charge in [0.05, 0.1) is 22.6 Å². The van der Waals surface area contributed by atoms with Crippen LogP contribution in [0, 0.1) is 0 Å². The van der Waals surface area contributed by atoms with Crippen molar-refractivity contribution in [2.75, 3.05) is 28.3 Å². The Morgan fingerprint density at radius 2 is 2.12 bits per heavy atom. The lowest BCUT2D eigenvalue weighted by Gasteiger charge is -2.25. The van der Waals surface area contributed by atoms with E-state index in [9.17, 15) is 4.79 Å². The zero-order valence-corrected chi connectivity index (χ0v) is 20.6. The van der Waals surface area contributed by atoms with Gasteiger partial charge in [0.15, 0.2) is 5.82 Å². The standard InChI is InChI=1S/C24H30N8OS/c1-14(2)18-12-20(31-30-18)28-22-16-6-4-7-17(16)27-24(29-22)32-11-5-8-19(32)23(33)26-15-9-10-21(34-3)25-13-15/h9-10,12-14,19H,4-8,11H2,1-3H3,(H,26,33)(H2,27,28,29,30,31)/t19-/m1/s1. The van der Waals surface area contributed by atoms with E-state index in [1.165, 1.54) is 0 Å². The maximum atomic E-state index is 13.2. The van der Waals surface area contributed by atoms with Crippen molar-refractivity contribution in [1.82, 2.24) is 25.1 Å². The van der Waals surface area contributed by atoms with E-state index >= 15 is 0 Å². The molecule has 0 radical (unpaired) electrons. The van der Waals surface area contributed by atoms with Crippen LogP contribution in [0.25, 0.3) is 0 Å². The molecule has 10 heteroatoms. The average Bonchev–Trinajstić information content (AvgIpc) is 3.59. The third-order valence-corrected chi connectivity index (χ3v) is 7.07. The van der Waals surface area contributed by atoms with Gasteiger partial charge in [0.25, 0.3) is 0 Å². The van der Waals surface area contributed by atoms with Crippen LogP contribution in [0.1, 0.15) is 56.0 Å². The minimum atomic E-state index is -0.314. The van der Waals surface area contributed by atoms with Crippen molar-refractivity contribution >= 4 is 40.9 Å². The second-order valence-corrected chi connectivity index (χ2v) is 9.90. The molecule has 0 spiro atoms. The molecular formula is C24H30N8OS. The first-order valence-corrected chi connectivity index (χ1v) is 13.0. The van der Waals surface area contributed by atoms with Crippen LogP contribution in [0.5, 0.6) is 0 Å². The number of thioether (sulfide) groups is 1. The number of aryl methyl sites for hydroxylation is 1. The molecule has 1 aliphatic carbocycles. The normalized spacial score (nSPS) is 17.3. The van der Waals surface area contributed by atoms with E-state index < -0.39 is 0 Å². The van der Waals surface area contributed by atoms with Gasteiger partial charge in [-0.2, -0.15) is 10.1 Å². The number of carbonyl (C=O) groups excluding carboxylic acids is 1. The summed E-state index contributed by atoms with van der Waals surface area (Å²) in [4.78, 5) is 29.3. The molecule has 1 fully saturated rings. The maximum absolute atomic E-state index is 13.2. The highest BCUT2D eigenvalue weighted by atomic mass is 32.2. The number of aromatic nitrogens is 5. The smallest absolute Gasteiger partial charge is 0.247 e. The largest absolute Gasteiger partial charge is 0.329 e. The van der Waals surface area contributed by atoms with Crippen LogP contribution in [0.2, 0.25) is 0 Å². The molecule has 3 aromatic heterocycles. The number of aromatic amines is 1. The van der Waals surface area contributed by atoms with Crippen molar-refractivity contribution < 1.29 is 4.79 Å². The van der Waals surface area contributed by atoms with Crippen LogP contribution >= 0.6 is 11.8 Å². The molecule has 3 N–H and O–H groups in total. The Hall–Kier alpha value is -3.14. The summed E-state index contributed by atoms with van der Waals surface area (Å²) in [7, 11) is 0. The number of hydrogen-bond donors (Lipinski definition) is 3. The van der Waals surface area contributed by atoms with Crippen molar-refractivity contribution in [3.8, 4) is 0 Å². The number of pyridine rings is 1. The summed E-state index contributed by atoms with van der Waals surface area (Å²) in [6.45, 7) is 5.01. The molecule has 0 saturated carbocycles. The molecule has 34 heavy (non-hydrogen) atoms. The number of hydrogen-bond acceptors (Lipinski definition) is 8. The quantitative estimate of drug-likeness (QED) is 0.432. The van der Waals surface area contributed by atoms with Crippen LogP contribution in [0.15, 0.2) is 29.4 Å². The Morgan fingerprint density at radius 3 is 2.85 bits per heavy atom. The monoisotopic (exact) mass is 478 g/mol. The first kappa shape index (κ1) is 22.6. The number of nitrogens with zero attached hydrogens (tertiary/aromatic N) is 5. The minimum Gasteiger partial charge on any atom is -0.329 e. The van der Waals surface area contributed by atoms with Crippen LogP contribution in [-0.2, 0) is 17.6 Å². The number of nitrogens with one attached hydrogen (secondary N) is 3. The van der Waals surface area contributed by atoms with Gasteiger partial charge >= 0.3 is 0 Å². The highest BCUT2D eigenvalue weighted by Crippen LogP contribution is 2.33. The predicted molar refractivity (Wildman–Crippen MR) is 135 cm³/mol. The Labute approximate surface area is 203 Å². The lowest BCUT2D eigenvalue weighted by molar-refractivity contribution is -0.117. The fourth-order valence-corrected chi connectivity index (χ4v) is 4.91. The second kappa shape index (κ2) is 9.61. The first-order chi connectivity index (χ1) is 16.5. The topological polar surface area (TPSA) is 112 Å². The van der Waals surface area contributed by atoms with E-state index in [1.807, 2.05) is 29.4 Å². The summed E-state index contributed by atoms with van der Waals surface area (Å²) in [5.41, 5.74) is 3.99. The fraction of sp³-hybridized carbons (Fsp3) is 0.458. The van der Waals surface area contributed by atoms with Crippen LogP contribution < -0.4 is 15.5 Å². The van der Waals surface area contributed by atoms with Crippen molar-refractivity contribution in [2.24, 2.45) is 0 Å². The Balaban J connectivity index is 1.38. The van der Waals surface area contributed by atoms with Gasteiger partial charge in [0.1, 0.15) is 11.9 Å². The van der Waals surface area contributed by atoms with E-state index in [4.69, 9.17) is 9.97 Å². The number of fused-ring (bicyclic) bond motifs is 1. The molecule has 178 valence electrons. The van der Waals surface area contributed by atoms with Gasteiger partial charge in [-0.25, -0.2) is 9.97 Å². The second-order valence-electron chi connectivity index (χ2n) is 9.07. The Bertz CT molecular complexity index is 1180. The Morgan fingerprint density at radius 1 is 1.24 bits per heavy atom. The third kappa shape index (κ3) is 4.59. The van der Waals surface area contributed by atoms with Gasteiger partial charge in [0, 0.05) is 23.9 Å². The zero-order chi connectivity index (χ0) is 23.7. The van der Waals surface area contributed by atoms with Crippen LogP contribution in [0.4, 0.5) is 23.3 Å². The molecule has 5 rings (SSSR count). The van der Waals surface area contributed by atoms with E-state index in [0.717, 1.165) is 72.3 Å². The lowest BCUT2D eigenvalue weighted by Crippen LogP contribution is -2.40. The van der Waals surface area contributed by atoms with Gasteiger partial charge in [-0.15, -0.1) is 11.8 Å². The lowest BCUT2D eigenvalue weighted by atomic mass is 10.1. The highest BCUT2D eigenvalue weighted by molar-refractivity contribution is 7.98. The zero-order valence-electron chi connectivity index (χ0n) is 19.8. The SMILES string of the molecule is CSc1ccc(NC(=O)[C@H]2CCCN2c2nc3c(c(Nc4cc(C(C)C)[nH]n4)n2)CCC3)cn1. The summed E-state index contributed by atoms with van der Waals surface area (Å²) >= 11 is 1.57. The van der Waals surface area contributed by atoms with Crippen LogP contribution in [0.3, 0.4) is 0 Å². The number of anilines is 4. The molecule has 1 saturated heterocycles. The summed E-state index contributed by atoms with van der Waals surface area (Å²) in [5.74, 6) is 2.47. The van der Waals surface area contributed by atoms with E-state index in [2.05, 4.69) is 39.7 Å². The predicted octanol–water partition coefficient (Wildman–Crippen LogP) is 4.28.